The summed E-state index contributed by atoms with van der Waals surface area (Å²) in [6.45, 7) is 8.90. The first-order chi connectivity index (χ1) is 8.56. The third-order valence-corrected chi connectivity index (χ3v) is 4.81. The first kappa shape index (κ1) is 15.6. The van der Waals surface area contributed by atoms with Crippen LogP contribution in [-0.4, -0.2) is 24.2 Å². The number of rotatable bonds is 7. The molecule has 1 aromatic rings. The van der Waals surface area contributed by atoms with Crippen LogP contribution in [0.25, 0.3) is 0 Å². The fourth-order valence-electron chi connectivity index (χ4n) is 2.45. The van der Waals surface area contributed by atoms with Crippen molar-refractivity contribution < 1.29 is 0 Å². The summed E-state index contributed by atoms with van der Waals surface area (Å²) in [5.74, 6) is 0.970. The van der Waals surface area contributed by atoms with Gasteiger partial charge < -0.3 is 4.90 Å². The number of aryl methyl sites for hydroxylation is 1. The molecule has 0 aliphatic rings. The Kier molecular flexibility index (Phi) is 6.24. The quantitative estimate of drug-likeness (QED) is 0.724. The Balaban J connectivity index is 2.66. The summed E-state index contributed by atoms with van der Waals surface area (Å²) in [4.78, 5) is 2.44. The van der Waals surface area contributed by atoms with E-state index in [1.807, 2.05) is 0 Å². The molecular weight excluding hydrogens is 238 g/mol. The summed E-state index contributed by atoms with van der Waals surface area (Å²) >= 11 is 4.56. The molecule has 0 saturated heterocycles. The molecule has 0 aliphatic heterocycles. The summed E-state index contributed by atoms with van der Waals surface area (Å²) in [5, 5.41) is 0. The summed E-state index contributed by atoms with van der Waals surface area (Å²) in [6.07, 6.45) is 2.40. The maximum absolute atomic E-state index is 4.56. The Bertz CT molecular complexity index is 350. The number of hydrogen-bond acceptors (Lipinski definition) is 2. The van der Waals surface area contributed by atoms with Crippen molar-refractivity contribution in [2.24, 2.45) is 5.41 Å². The molecule has 0 aliphatic carbocycles. The predicted molar refractivity (Wildman–Crippen MR) is 84.4 cm³/mol. The highest BCUT2D eigenvalue weighted by molar-refractivity contribution is 7.80. The molecule has 102 valence electrons. The van der Waals surface area contributed by atoms with E-state index in [0.717, 1.165) is 18.8 Å². The van der Waals surface area contributed by atoms with Gasteiger partial charge in [0.2, 0.25) is 0 Å². The van der Waals surface area contributed by atoms with Gasteiger partial charge in [0.15, 0.2) is 0 Å². The molecule has 0 N–H and O–H groups in total. The molecule has 0 bridgehead atoms. The molecule has 0 fully saturated rings. The van der Waals surface area contributed by atoms with E-state index >= 15 is 0 Å². The van der Waals surface area contributed by atoms with Crippen LogP contribution in [0, 0.1) is 12.3 Å². The van der Waals surface area contributed by atoms with Crippen molar-refractivity contribution in [3.8, 4) is 0 Å². The lowest BCUT2D eigenvalue weighted by Crippen LogP contribution is -2.36. The van der Waals surface area contributed by atoms with Crippen LogP contribution in [-0.2, 0) is 6.54 Å². The molecule has 1 rings (SSSR count). The average molecular weight is 265 g/mol. The van der Waals surface area contributed by atoms with Gasteiger partial charge in [-0.1, -0.05) is 38.1 Å². The van der Waals surface area contributed by atoms with E-state index in [1.54, 1.807) is 0 Å². The molecule has 18 heavy (non-hydrogen) atoms. The minimum Gasteiger partial charge on any atom is -0.302 e. The molecule has 0 unspecified atom stereocenters. The summed E-state index contributed by atoms with van der Waals surface area (Å²) < 4.78 is 0. The Morgan fingerprint density at radius 3 is 2.28 bits per heavy atom. The molecule has 1 nitrogen and oxygen atoms in total. The van der Waals surface area contributed by atoms with Crippen LogP contribution in [0.2, 0.25) is 0 Å². The lowest BCUT2D eigenvalue weighted by molar-refractivity contribution is 0.179. The Morgan fingerprint density at radius 2 is 1.78 bits per heavy atom. The van der Waals surface area contributed by atoms with Crippen molar-refractivity contribution in [2.75, 3.05) is 19.3 Å². The van der Waals surface area contributed by atoms with E-state index in [-0.39, 0.29) is 0 Å². The van der Waals surface area contributed by atoms with Gasteiger partial charge >= 0.3 is 0 Å². The number of benzene rings is 1. The smallest absolute Gasteiger partial charge is 0.0233 e. The van der Waals surface area contributed by atoms with Crippen LogP contribution in [0.5, 0.6) is 0 Å². The first-order valence-corrected chi connectivity index (χ1v) is 7.54. The van der Waals surface area contributed by atoms with Crippen molar-refractivity contribution in [2.45, 2.75) is 40.2 Å². The van der Waals surface area contributed by atoms with Gasteiger partial charge in [-0.3, -0.25) is 0 Å². The molecule has 0 saturated carbocycles. The van der Waals surface area contributed by atoms with Crippen LogP contribution >= 0.6 is 12.6 Å². The Labute approximate surface area is 118 Å². The lowest BCUT2D eigenvalue weighted by Gasteiger charge is -2.34. The number of nitrogens with zero attached hydrogens (tertiary/aromatic N) is 1. The summed E-state index contributed by atoms with van der Waals surface area (Å²) in [5.41, 5.74) is 3.18. The van der Waals surface area contributed by atoms with Crippen LogP contribution in [0.4, 0.5) is 0 Å². The van der Waals surface area contributed by atoms with Crippen LogP contribution in [0.1, 0.15) is 37.8 Å². The second-order valence-electron chi connectivity index (χ2n) is 5.46. The molecule has 0 atom stereocenters. The Morgan fingerprint density at radius 1 is 1.17 bits per heavy atom. The van der Waals surface area contributed by atoms with E-state index in [2.05, 4.69) is 69.6 Å². The van der Waals surface area contributed by atoms with E-state index in [4.69, 9.17) is 0 Å². The van der Waals surface area contributed by atoms with Gasteiger partial charge in [0, 0.05) is 13.1 Å². The van der Waals surface area contributed by atoms with Crippen molar-refractivity contribution in [1.82, 2.24) is 4.90 Å². The topological polar surface area (TPSA) is 3.24 Å². The SMILES string of the molecule is CCC(CC)(CS)CN(C)Cc1ccccc1C. The Hall–Kier alpha value is -0.470. The monoisotopic (exact) mass is 265 g/mol. The zero-order valence-corrected chi connectivity index (χ0v) is 13.1. The maximum Gasteiger partial charge on any atom is 0.0233 e. The highest BCUT2D eigenvalue weighted by Crippen LogP contribution is 2.29. The minimum atomic E-state index is 0.362. The van der Waals surface area contributed by atoms with Gasteiger partial charge in [-0.15, -0.1) is 0 Å². The molecule has 0 radical (unpaired) electrons. The molecule has 0 heterocycles. The maximum atomic E-state index is 4.56. The predicted octanol–water partition coefficient (Wildman–Crippen LogP) is 4.16. The van der Waals surface area contributed by atoms with Gasteiger partial charge in [0.05, 0.1) is 0 Å². The van der Waals surface area contributed by atoms with Gasteiger partial charge in [0.1, 0.15) is 0 Å². The van der Waals surface area contributed by atoms with E-state index in [1.165, 1.54) is 24.0 Å². The van der Waals surface area contributed by atoms with Gasteiger partial charge in [-0.25, -0.2) is 0 Å². The molecule has 0 amide bonds. The van der Waals surface area contributed by atoms with Gasteiger partial charge in [-0.05, 0) is 49.1 Å². The zero-order chi connectivity index (χ0) is 13.6. The standard InChI is InChI=1S/C16H27NS/c1-5-16(6-2,13-18)12-17(4)11-15-10-8-7-9-14(15)3/h7-10,18H,5-6,11-13H2,1-4H3. The van der Waals surface area contributed by atoms with Crippen molar-refractivity contribution in [1.29, 1.82) is 0 Å². The van der Waals surface area contributed by atoms with E-state index in [0.29, 0.717) is 5.41 Å². The highest BCUT2D eigenvalue weighted by Gasteiger charge is 2.26. The van der Waals surface area contributed by atoms with Crippen molar-refractivity contribution in [3.05, 3.63) is 35.4 Å². The zero-order valence-electron chi connectivity index (χ0n) is 12.2. The summed E-state index contributed by atoms with van der Waals surface area (Å²) in [7, 11) is 2.22. The van der Waals surface area contributed by atoms with Crippen LogP contribution in [0.15, 0.2) is 24.3 Å². The third kappa shape index (κ3) is 4.03. The van der Waals surface area contributed by atoms with E-state index < -0.39 is 0 Å². The van der Waals surface area contributed by atoms with E-state index in [9.17, 15) is 0 Å². The molecule has 1 aromatic carbocycles. The van der Waals surface area contributed by atoms with Crippen LogP contribution in [0.3, 0.4) is 0 Å². The second-order valence-corrected chi connectivity index (χ2v) is 5.78. The van der Waals surface area contributed by atoms with Crippen molar-refractivity contribution >= 4 is 12.6 Å². The fraction of sp³-hybridized carbons (Fsp3) is 0.625. The highest BCUT2D eigenvalue weighted by atomic mass is 32.1. The second kappa shape index (κ2) is 7.20. The van der Waals surface area contributed by atoms with Gasteiger partial charge in [0.25, 0.3) is 0 Å². The summed E-state index contributed by atoms with van der Waals surface area (Å²) in [6, 6.07) is 8.65. The first-order valence-electron chi connectivity index (χ1n) is 6.91. The fourth-order valence-corrected chi connectivity index (χ4v) is 3.00. The van der Waals surface area contributed by atoms with Crippen LogP contribution < -0.4 is 0 Å². The third-order valence-electron chi connectivity index (χ3n) is 4.14. The normalized spacial score (nSPS) is 12.1. The molecule has 0 aromatic heterocycles. The number of hydrogen-bond donors (Lipinski definition) is 1. The largest absolute Gasteiger partial charge is 0.302 e. The minimum absolute atomic E-state index is 0.362. The van der Waals surface area contributed by atoms with Gasteiger partial charge in [-0.2, -0.15) is 12.6 Å². The van der Waals surface area contributed by atoms with Crippen molar-refractivity contribution in [3.63, 3.8) is 0 Å². The number of thiol groups is 1. The molecule has 0 spiro atoms. The molecular formula is C16H27NS. The average Bonchev–Trinajstić information content (AvgIpc) is 2.39. The molecule has 2 heteroatoms. The lowest BCUT2D eigenvalue weighted by atomic mass is 9.84.